The fourth-order valence-electron chi connectivity index (χ4n) is 2.03. The lowest BCUT2D eigenvalue weighted by Gasteiger charge is -2.05. The Labute approximate surface area is 108 Å². The molecule has 0 fully saturated rings. The molecule has 3 heterocycles. The zero-order valence-corrected chi connectivity index (χ0v) is 10.6. The monoisotopic (exact) mass is 256 g/mol. The van der Waals surface area contributed by atoms with Crippen LogP contribution >= 0.6 is 0 Å². The van der Waals surface area contributed by atoms with Gasteiger partial charge in [0.15, 0.2) is 5.52 Å². The molecule has 0 aliphatic heterocycles. The van der Waals surface area contributed by atoms with E-state index in [1.54, 1.807) is 13.1 Å². The smallest absolute Gasteiger partial charge is 0.296 e. The summed E-state index contributed by atoms with van der Waals surface area (Å²) in [4.78, 5) is 16.4. The van der Waals surface area contributed by atoms with E-state index in [1.807, 2.05) is 25.1 Å². The molecule has 96 valence electrons. The summed E-state index contributed by atoms with van der Waals surface area (Å²) in [5, 5.41) is 8.83. The Hall–Kier alpha value is -2.50. The Morgan fingerprint density at radius 2 is 2.21 bits per heavy atom. The van der Waals surface area contributed by atoms with E-state index in [9.17, 15) is 4.79 Å². The number of hydrogen-bond donors (Lipinski definition) is 0. The van der Waals surface area contributed by atoms with Crippen molar-refractivity contribution >= 4 is 10.9 Å². The quantitative estimate of drug-likeness (QED) is 0.698. The maximum absolute atomic E-state index is 12.1. The highest BCUT2D eigenvalue weighted by molar-refractivity contribution is 5.91. The Morgan fingerprint density at radius 3 is 2.89 bits per heavy atom. The molecule has 0 saturated heterocycles. The maximum atomic E-state index is 12.1. The first-order valence-corrected chi connectivity index (χ1v) is 6.01. The molecule has 6 nitrogen and oxygen atoms in total. The highest BCUT2D eigenvalue weighted by atomic mass is 16.5. The third-order valence-corrected chi connectivity index (χ3v) is 2.96. The predicted molar refractivity (Wildman–Crippen MR) is 69.7 cm³/mol. The van der Waals surface area contributed by atoms with Crippen LogP contribution in [0, 0.1) is 6.92 Å². The molecule has 0 radical (unpaired) electrons. The van der Waals surface area contributed by atoms with E-state index in [1.165, 1.54) is 4.68 Å². The Bertz CT molecular complexity index is 790. The van der Waals surface area contributed by atoms with Crippen molar-refractivity contribution in [2.24, 2.45) is 0 Å². The first-order chi connectivity index (χ1) is 9.22. The molecule has 3 aromatic rings. The molecular formula is C13H12N4O2. The van der Waals surface area contributed by atoms with Crippen molar-refractivity contribution in [1.82, 2.24) is 19.9 Å². The van der Waals surface area contributed by atoms with Gasteiger partial charge in [0.25, 0.3) is 5.56 Å². The van der Waals surface area contributed by atoms with Gasteiger partial charge in [0.1, 0.15) is 11.5 Å². The van der Waals surface area contributed by atoms with Crippen LogP contribution in [0.15, 0.2) is 33.7 Å². The summed E-state index contributed by atoms with van der Waals surface area (Å²) in [6, 6.07) is 5.55. The van der Waals surface area contributed by atoms with Crippen LogP contribution < -0.4 is 5.56 Å². The van der Waals surface area contributed by atoms with Gasteiger partial charge in [0, 0.05) is 12.7 Å². The molecular weight excluding hydrogens is 244 g/mol. The highest BCUT2D eigenvalue weighted by Crippen LogP contribution is 2.25. The van der Waals surface area contributed by atoms with Gasteiger partial charge in [0.05, 0.1) is 11.1 Å². The van der Waals surface area contributed by atoms with Crippen LogP contribution in [-0.4, -0.2) is 19.9 Å². The second kappa shape index (κ2) is 4.31. The van der Waals surface area contributed by atoms with Crippen molar-refractivity contribution in [3.8, 4) is 11.4 Å². The second-order valence-corrected chi connectivity index (χ2v) is 4.15. The van der Waals surface area contributed by atoms with E-state index in [4.69, 9.17) is 4.52 Å². The summed E-state index contributed by atoms with van der Waals surface area (Å²) in [7, 11) is 0. The number of rotatable bonds is 2. The average molecular weight is 256 g/mol. The number of aryl methyl sites for hydroxylation is 2. The van der Waals surface area contributed by atoms with Crippen LogP contribution in [0.25, 0.3) is 22.3 Å². The molecule has 0 aliphatic rings. The lowest BCUT2D eigenvalue weighted by molar-refractivity contribution is 0.405. The standard InChI is InChI=1S/C13H12N4O2/c1-3-17-13(18)12-10(8(2)19-16-12)11(15-17)9-6-4-5-7-14-9/h4-7H,3H2,1-2H3. The molecule has 0 unspecified atom stereocenters. The first kappa shape index (κ1) is 11.6. The maximum Gasteiger partial charge on any atom is 0.296 e. The number of pyridine rings is 1. The highest BCUT2D eigenvalue weighted by Gasteiger charge is 2.18. The van der Waals surface area contributed by atoms with Crippen LogP contribution in [0.5, 0.6) is 0 Å². The number of aromatic nitrogens is 4. The van der Waals surface area contributed by atoms with Crippen LogP contribution in [0.4, 0.5) is 0 Å². The van der Waals surface area contributed by atoms with Crippen LogP contribution in [0.3, 0.4) is 0 Å². The van der Waals surface area contributed by atoms with Gasteiger partial charge in [-0.15, -0.1) is 0 Å². The third kappa shape index (κ3) is 1.72. The molecule has 0 aromatic carbocycles. The zero-order chi connectivity index (χ0) is 13.4. The predicted octanol–water partition coefficient (Wildman–Crippen LogP) is 1.77. The minimum Gasteiger partial charge on any atom is -0.360 e. The molecule has 19 heavy (non-hydrogen) atoms. The summed E-state index contributed by atoms with van der Waals surface area (Å²) in [5.74, 6) is 0.573. The van der Waals surface area contributed by atoms with Crippen molar-refractivity contribution in [2.75, 3.05) is 0 Å². The molecule has 3 aromatic heterocycles. The van der Waals surface area contributed by atoms with Crippen molar-refractivity contribution < 1.29 is 4.52 Å². The number of fused-ring (bicyclic) bond motifs is 1. The summed E-state index contributed by atoms with van der Waals surface area (Å²) < 4.78 is 6.50. The average Bonchev–Trinajstić information content (AvgIpc) is 2.83. The zero-order valence-electron chi connectivity index (χ0n) is 10.6. The lowest BCUT2D eigenvalue weighted by atomic mass is 10.1. The molecule has 0 N–H and O–H groups in total. The summed E-state index contributed by atoms with van der Waals surface area (Å²) >= 11 is 0. The molecule has 0 saturated carbocycles. The Morgan fingerprint density at radius 1 is 1.37 bits per heavy atom. The van der Waals surface area contributed by atoms with E-state index in [0.717, 1.165) is 0 Å². The van der Waals surface area contributed by atoms with Crippen molar-refractivity contribution in [3.05, 3.63) is 40.5 Å². The van der Waals surface area contributed by atoms with E-state index in [-0.39, 0.29) is 5.56 Å². The fourth-order valence-corrected chi connectivity index (χ4v) is 2.03. The Kier molecular flexibility index (Phi) is 2.63. The van der Waals surface area contributed by atoms with E-state index < -0.39 is 0 Å². The molecule has 0 atom stereocenters. The largest absolute Gasteiger partial charge is 0.360 e. The number of nitrogens with zero attached hydrogens (tertiary/aromatic N) is 4. The summed E-state index contributed by atoms with van der Waals surface area (Å²) in [5.41, 5.74) is 1.38. The first-order valence-electron chi connectivity index (χ1n) is 6.01. The normalized spacial score (nSPS) is 11.1. The van der Waals surface area contributed by atoms with Gasteiger partial charge in [0.2, 0.25) is 0 Å². The molecule has 3 rings (SSSR count). The van der Waals surface area contributed by atoms with Gasteiger partial charge >= 0.3 is 0 Å². The summed E-state index contributed by atoms with van der Waals surface area (Å²) in [6.07, 6.45) is 1.69. The minimum absolute atomic E-state index is 0.242. The van der Waals surface area contributed by atoms with Crippen molar-refractivity contribution in [1.29, 1.82) is 0 Å². The number of hydrogen-bond acceptors (Lipinski definition) is 5. The van der Waals surface area contributed by atoms with Gasteiger partial charge in [-0.2, -0.15) is 5.10 Å². The van der Waals surface area contributed by atoms with Gasteiger partial charge in [-0.05, 0) is 26.0 Å². The van der Waals surface area contributed by atoms with Crippen molar-refractivity contribution in [3.63, 3.8) is 0 Å². The molecule has 0 bridgehead atoms. The molecule has 0 aliphatic carbocycles. The minimum atomic E-state index is -0.242. The van der Waals surface area contributed by atoms with Crippen LogP contribution in [0.2, 0.25) is 0 Å². The second-order valence-electron chi connectivity index (χ2n) is 4.15. The van der Waals surface area contributed by atoms with E-state index >= 15 is 0 Å². The summed E-state index contributed by atoms with van der Waals surface area (Å²) in [6.45, 7) is 4.09. The topological polar surface area (TPSA) is 73.8 Å². The van der Waals surface area contributed by atoms with E-state index in [2.05, 4.69) is 15.2 Å². The lowest BCUT2D eigenvalue weighted by Crippen LogP contribution is -2.23. The van der Waals surface area contributed by atoms with Crippen molar-refractivity contribution in [2.45, 2.75) is 20.4 Å². The van der Waals surface area contributed by atoms with E-state index in [0.29, 0.717) is 34.6 Å². The van der Waals surface area contributed by atoms with Gasteiger partial charge in [-0.25, -0.2) is 4.68 Å². The molecule has 0 amide bonds. The Balaban J connectivity index is 2.44. The van der Waals surface area contributed by atoms with Gasteiger partial charge in [-0.1, -0.05) is 11.2 Å². The van der Waals surface area contributed by atoms with Gasteiger partial charge < -0.3 is 4.52 Å². The van der Waals surface area contributed by atoms with Crippen LogP contribution in [0.1, 0.15) is 12.7 Å². The van der Waals surface area contributed by atoms with Crippen LogP contribution in [-0.2, 0) is 6.54 Å². The SMILES string of the molecule is CCn1nc(-c2ccccn2)c2c(C)onc2c1=O. The molecule has 6 heteroatoms. The molecule has 0 spiro atoms. The third-order valence-electron chi connectivity index (χ3n) is 2.96. The fraction of sp³-hybridized carbons (Fsp3) is 0.231. The van der Waals surface area contributed by atoms with Gasteiger partial charge in [-0.3, -0.25) is 9.78 Å².